The lowest BCUT2D eigenvalue weighted by Gasteiger charge is -2.21. The summed E-state index contributed by atoms with van der Waals surface area (Å²) in [7, 11) is 2.27. The summed E-state index contributed by atoms with van der Waals surface area (Å²) in [6.45, 7) is 3.73. The highest BCUT2D eigenvalue weighted by Gasteiger charge is 2.53. The van der Waals surface area contributed by atoms with Gasteiger partial charge in [-0.2, -0.15) is 0 Å². The first-order valence-corrected chi connectivity index (χ1v) is 3.97. The Kier molecular flexibility index (Phi) is 0.963. The fourth-order valence-electron chi connectivity index (χ4n) is 2.26. The Labute approximate surface area is 57.0 Å². The van der Waals surface area contributed by atoms with Crippen molar-refractivity contribution >= 4 is 0 Å². The average molecular weight is 125 g/mol. The lowest BCUT2D eigenvalue weighted by atomic mass is 10.0. The van der Waals surface area contributed by atoms with Crippen LogP contribution < -0.4 is 0 Å². The summed E-state index contributed by atoms with van der Waals surface area (Å²) in [4.78, 5) is 2.55. The van der Waals surface area contributed by atoms with E-state index in [0.717, 1.165) is 5.92 Å². The van der Waals surface area contributed by atoms with Crippen LogP contribution in [0.15, 0.2) is 0 Å². The lowest BCUT2D eigenvalue weighted by Crippen LogP contribution is -2.30. The minimum atomic E-state index is 0.694. The van der Waals surface area contributed by atoms with Gasteiger partial charge in [-0.25, -0.2) is 0 Å². The molecule has 9 heavy (non-hydrogen) atoms. The molecule has 1 nitrogen and oxygen atoms in total. The molecule has 1 heteroatoms. The molecule has 1 unspecified atom stereocenters. The maximum atomic E-state index is 2.55. The van der Waals surface area contributed by atoms with Gasteiger partial charge in [0.25, 0.3) is 0 Å². The predicted molar refractivity (Wildman–Crippen MR) is 38.4 cm³/mol. The van der Waals surface area contributed by atoms with Gasteiger partial charge < -0.3 is 4.90 Å². The van der Waals surface area contributed by atoms with Gasteiger partial charge >= 0.3 is 0 Å². The third-order valence-corrected chi connectivity index (χ3v) is 3.34. The van der Waals surface area contributed by atoms with Crippen LogP contribution in [0.4, 0.5) is 0 Å². The molecular weight excluding hydrogens is 110 g/mol. The molecule has 2 fully saturated rings. The van der Waals surface area contributed by atoms with Gasteiger partial charge in [0.2, 0.25) is 0 Å². The van der Waals surface area contributed by atoms with Gasteiger partial charge in [-0.3, -0.25) is 0 Å². The quantitative estimate of drug-likeness (QED) is 0.474. The smallest absolute Gasteiger partial charge is 0.0233 e. The number of hydrogen-bond acceptors (Lipinski definition) is 1. The van der Waals surface area contributed by atoms with Gasteiger partial charge in [-0.15, -0.1) is 0 Å². The zero-order valence-electron chi connectivity index (χ0n) is 6.35. The Balaban J connectivity index is 2.17. The molecule has 1 atom stereocenters. The second kappa shape index (κ2) is 1.51. The summed E-state index contributed by atoms with van der Waals surface area (Å²) in [6, 6.07) is 0. The summed E-state index contributed by atoms with van der Waals surface area (Å²) in [5.74, 6) is 0.975. The van der Waals surface area contributed by atoms with Crippen molar-refractivity contribution in [1.29, 1.82) is 0 Å². The van der Waals surface area contributed by atoms with Crippen molar-refractivity contribution in [2.45, 2.75) is 31.7 Å². The number of rotatable bonds is 0. The number of hydrogen-bond donors (Lipinski definition) is 0. The normalized spacial score (nSPS) is 40.0. The molecule has 2 aliphatic rings. The molecule has 1 saturated heterocycles. The van der Waals surface area contributed by atoms with Crippen molar-refractivity contribution in [2.75, 3.05) is 13.6 Å². The van der Waals surface area contributed by atoms with Crippen LogP contribution in [0.3, 0.4) is 0 Å². The number of likely N-dealkylation sites (tertiary alicyclic amines) is 1. The molecule has 0 amide bonds. The monoisotopic (exact) mass is 125 g/mol. The third-order valence-electron chi connectivity index (χ3n) is 3.34. The Morgan fingerprint density at radius 3 is 2.33 bits per heavy atom. The van der Waals surface area contributed by atoms with Crippen LogP contribution in [0, 0.1) is 5.92 Å². The molecule has 1 spiro atoms. The van der Waals surface area contributed by atoms with Crippen LogP contribution in [0.5, 0.6) is 0 Å². The van der Waals surface area contributed by atoms with Gasteiger partial charge in [0.1, 0.15) is 0 Å². The van der Waals surface area contributed by atoms with Crippen molar-refractivity contribution in [1.82, 2.24) is 4.90 Å². The minimum absolute atomic E-state index is 0.694. The Bertz CT molecular complexity index is 115. The van der Waals surface area contributed by atoms with E-state index in [0.29, 0.717) is 5.54 Å². The summed E-state index contributed by atoms with van der Waals surface area (Å²) < 4.78 is 0. The van der Waals surface area contributed by atoms with E-state index in [1.165, 1.54) is 25.8 Å². The molecule has 0 aromatic rings. The molecule has 1 heterocycles. The molecule has 1 saturated carbocycles. The van der Waals surface area contributed by atoms with Gasteiger partial charge in [-0.05, 0) is 38.8 Å². The fourth-order valence-corrected chi connectivity index (χ4v) is 2.26. The van der Waals surface area contributed by atoms with E-state index in [1.54, 1.807) is 0 Å². The van der Waals surface area contributed by atoms with Crippen molar-refractivity contribution < 1.29 is 0 Å². The van der Waals surface area contributed by atoms with Crippen LogP contribution in [0.1, 0.15) is 26.2 Å². The first-order chi connectivity index (χ1) is 4.26. The molecule has 0 radical (unpaired) electrons. The molecular formula is C8H15N. The largest absolute Gasteiger partial charge is 0.300 e. The van der Waals surface area contributed by atoms with E-state index >= 15 is 0 Å². The molecule has 0 bridgehead atoms. The Morgan fingerprint density at radius 1 is 1.44 bits per heavy atom. The SMILES string of the molecule is CC1CCN(C)C12CC2. The van der Waals surface area contributed by atoms with Gasteiger partial charge in [0.05, 0.1) is 0 Å². The second-order valence-electron chi connectivity index (χ2n) is 3.71. The van der Waals surface area contributed by atoms with Crippen LogP contribution in [0.2, 0.25) is 0 Å². The van der Waals surface area contributed by atoms with Crippen LogP contribution >= 0.6 is 0 Å². The van der Waals surface area contributed by atoms with Crippen LogP contribution in [0.25, 0.3) is 0 Å². The van der Waals surface area contributed by atoms with Crippen molar-refractivity contribution in [3.8, 4) is 0 Å². The molecule has 1 aliphatic carbocycles. The highest BCUT2D eigenvalue weighted by molar-refractivity contribution is 5.09. The molecule has 2 rings (SSSR count). The number of nitrogens with zero attached hydrogens (tertiary/aromatic N) is 1. The Morgan fingerprint density at radius 2 is 2.11 bits per heavy atom. The minimum Gasteiger partial charge on any atom is -0.300 e. The highest BCUT2D eigenvalue weighted by atomic mass is 15.2. The van der Waals surface area contributed by atoms with E-state index < -0.39 is 0 Å². The van der Waals surface area contributed by atoms with Crippen LogP contribution in [-0.4, -0.2) is 24.0 Å². The summed E-state index contributed by atoms with van der Waals surface area (Å²) in [6.07, 6.45) is 4.35. The summed E-state index contributed by atoms with van der Waals surface area (Å²) >= 11 is 0. The summed E-state index contributed by atoms with van der Waals surface area (Å²) in [5, 5.41) is 0. The standard InChI is InChI=1S/C8H15N/c1-7-3-6-9(2)8(7)4-5-8/h7H,3-6H2,1-2H3. The molecule has 0 N–H and O–H groups in total. The predicted octanol–water partition coefficient (Wildman–Crippen LogP) is 1.49. The first-order valence-electron chi connectivity index (χ1n) is 3.97. The third kappa shape index (κ3) is 0.586. The fraction of sp³-hybridized carbons (Fsp3) is 1.00. The topological polar surface area (TPSA) is 3.24 Å². The molecule has 0 aromatic carbocycles. The van der Waals surface area contributed by atoms with E-state index in [2.05, 4.69) is 18.9 Å². The van der Waals surface area contributed by atoms with Crippen molar-refractivity contribution in [3.05, 3.63) is 0 Å². The van der Waals surface area contributed by atoms with Gasteiger partial charge in [-0.1, -0.05) is 6.92 Å². The van der Waals surface area contributed by atoms with Gasteiger partial charge in [0, 0.05) is 5.54 Å². The Hall–Kier alpha value is -0.0400. The van der Waals surface area contributed by atoms with Crippen LogP contribution in [-0.2, 0) is 0 Å². The molecule has 1 aliphatic heterocycles. The lowest BCUT2D eigenvalue weighted by molar-refractivity contribution is 0.257. The first kappa shape index (κ1) is 5.72. The molecule has 52 valence electrons. The highest BCUT2D eigenvalue weighted by Crippen LogP contribution is 2.51. The zero-order chi connectivity index (χ0) is 6.48. The maximum absolute atomic E-state index is 2.55. The molecule has 0 aromatic heterocycles. The van der Waals surface area contributed by atoms with Crippen molar-refractivity contribution in [2.24, 2.45) is 5.92 Å². The zero-order valence-corrected chi connectivity index (χ0v) is 6.35. The van der Waals surface area contributed by atoms with Gasteiger partial charge in [0.15, 0.2) is 0 Å². The van der Waals surface area contributed by atoms with E-state index in [1.807, 2.05) is 0 Å². The van der Waals surface area contributed by atoms with E-state index in [9.17, 15) is 0 Å². The van der Waals surface area contributed by atoms with E-state index in [-0.39, 0.29) is 0 Å². The average Bonchev–Trinajstić information content (AvgIpc) is 2.56. The van der Waals surface area contributed by atoms with E-state index in [4.69, 9.17) is 0 Å². The maximum Gasteiger partial charge on any atom is 0.0233 e. The summed E-state index contributed by atoms with van der Waals surface area (Å²) in [5.41, 5.74) is 0.694. The second-order valence-corrected chi connectivity index (χ2v) is 3.71. The van der Waals surface area contributed by atoms with Crippen molar-refractivity contribution in [3.63, 3.8) is 0 Å².